The Labute approximate surface area is 120 Å². The van der Waals surface area contributed by atoms with E-state index in [9.17, 15) is 4.79 Å². The van der Waals surface area contributed by atoms with E-state index in [2.05, 4.69) is 36.2 Å². The van der Waals surface area contributed by atoms with Crippen LogP contribution in [0.25, 0.3) is 0 Å². The summed E-state index contributed by atoms with van der Waals surface area (Å²) in [6, 6.07) is 21.0. The summed E-state index contributed by atoms with van der Waals surface area (Å²) in [5.41, 5.74) is 2.45. The number of hydrogen-bond donors (Lipinski definition) is 0. The summed E-state index contributed by atoms with van der Waals surface area (Å²) in [6.07, 6.45) is 1.23. The zero-order valence-electron chi connectivity index (χ0n) is 11.7. The molecule has 1 fully saturated rings. The van der Waals surface area contributed by atoms with Crippen molar-refractivity contribution in [1.29, 1.82) is 0 Å². The molecule has 2 aromatic carbocycles. The second-order valence-corrected chi connectivity index (χ2v) is 5.47. The number of rotatable bonds is 2. The van der Waals surface area contributed by atoms with Crippen molar-refractivity contribution in [2.24, 2.45) is 0 Å². The van der Waals surface area contributed by atoms with E-state index in [0.717, 1.165) is 0 Å². The maximum absolute atomic E-state index is 12.1. The average molecular weight is 265 g/mol. The van der Waals surface area contributed by atoms with Crippen LogP contribution in [-0.4, -0.2) is 17.7 Å². The van der Waals surface area contributed by atoms with Gasteiger partial charge < -0.3 is 0 Å². The molecule has 20 heavy (non-hydrogen) atoms. The van der Waals surface area contributed by atoms with Gasteiger partial charge in [-0.05, 0) is 18.2 Å². The van der Waals surface area contributed by atoms with Gasteiger partial charge in [-0.15, -0.1) is 0 Å². The van der Waals surface area contributed by atoms with Crippen LogP contribution in [0.2, 0.25) is 0 Å². The summed E-state index contributed by atoms with van der Waals surface area (Å²) in [5.74, 6) is 0.353. The van der Waals surface area contributed by atoms with E-state index in [4.69, 9.17) is 0 Å². The quantitative estimate of drug-likeness (QED) is 0.824. The molecule has 0 bridgehead atoms. The van der Waals surface area contributed by atoms with Gasteiger partial charge in [0.2, 0.25) is 0 Å². The molecule has 1 aliphatic rings. The van der Waals surface area contributed by atoms with Crippen LogP contribution in [-0.2, 0) is 4.79 Å². The van der Waals surface area contributed by atoms with Crippen molar-refractivity contribution in [2.45, 2.75) is 24.9 Å². The van der Waals surface area contributed by atoms with Crippen molar-refractivity contribution in [2.75, 3.05) is 7.05 Å². The van der Waals surface area contributed by atoms with Crippen LogP contribution in [0.15, 0.2) is 60.7 Å². The fourth-order valence-corrected chi connectivity index (χ4v) is 3.08. The van der Waals surface area contributed by atoms with Crippen LogP contribution in [0.1, 0.15) is 36.1 Å². The first-order valence-corrected chi connectivity index (χ1v) is 7.09. The van der Waals surface area contributed by atoms with Crippen molar-refractivity contribution in [1.82, 2.24) is 4.90 Å². The van der Waals surface area contributed by atoms with Gasteiger partial charge in [0.1, 0.15) is 5.78 Å². The van der Waals surface area contributed by atoms with Gasteiger partial charge in [-0.3, -0.25) is 9.69 Å². The maximum Gasteiger partial charge on any atom is 0.136 e. The number of Topliss-reactive ketones (excluding diaryl/α,β-unsaturated/α-hetero) is 1. The Kier molecular flexibility index (Phi) is 3.66. The van der Waals surface area contributed by atoms with Crippen LogP contribution in [0, 0.1) is 0 Å². The smallest absolute Gasteiger partial charge is 0.136 e. The van der Waals surface area contributed by atoms with Crippen LogP contribution < -0.4 is 0 Å². The first-order chi connectivity index (χ1) is 9.75. The highest BCUT2D eigenvalue weighted by molar-refractivity contribution is 5.81. The van der Waals surface area contributed by atoms with Crippen LogP contribution in [0.5, 0.6) is 0 Å². The molecule has 0 unspecified atom stereocenters. The normalized spacial score (nSPS) is 23.8. The number of carbonyl (C=O) groups excluding carboxylic acids is 1. The molecule has 2 atom stereocenters. The van der Waals surface area contributed by atoms with Gasteiger partial charge in [0, 0.05) is 24.9 Å². The first kappa shape index (κ1) is 13.1. The monoisotopic (exact) mass is 265 g/mol. The second-order valence-electron chi connectivity index (χ2n) is 5.47. The van der Waals surface area contributed by atoms with Crippen molar-refractivity contribution in [3.63, 3.8) is 0 Å². The largest absolute Gasteiger partial charge is 0.300 e. The highest BCUT2D eigenvalue weighted by Gasteiger charge is 2.33. The fourth-order valence-electron chi connectivity index (χ4n) is 3.08. The van der Waals surface area contributed by atoms with E-state index in [1.807, 2.05) is 36.4 Å². The lowest BCUT2D eigenvalue weighted by Crippen LogP contribution is -2.37. The third kappa shape index (κ3) is 2.52. The van der Waals surface area contributed by atoms with E-state index in [-0.39, 0.29) is 12.1 Å². The molecule has 1 saturated heterocycles. The minimum atomic E-state index is 0.183. The summed E-state index contributed by atoms with van der Waals surface area (Å²) >= 11 is 0. The third-order valence-corrected chi connectivity index (χ3v) is 4.19. The molecule has 0 saturated carbocycles. The molecule has 102 valence electrons. The summed E-state index contributed by atoms with van der Waals surface area (Å²) < 4.78 is 0. The molecule has 3 rings (SSSR count). The van der Waals surface area contributed by atoms with Gasteiger partial charge in [0.15, 0.2) is 0 Å². The number of carbonyl (C=O) groups is 1. The lowest BCUT2D eigenvalue weighted by atomic mass is 9.87. The van der Waals surface area contributed by atoms with Crippen molar-refractivity contribution in [3.8, 4) is 0 Å². The average Bonchev–Trinajstić information content (AvgIpc) is 2.51. The molecule has 2 heteroatoms. The minimum absolute atomic E-state index is 0.183. The molecule has 0 N–H and O–H groups in total. The topological polar surface area (TPSA) is 20.3 Å². The Morgan fingerprint density at radius 1 is 0.800 bits per heavy atom. The van der Waals surface area contributed by atoms with Gasteiger partial charge in [-0.25, -0.2) is 0 Å². The molecule has 0 radical (unpaired) electrons. The van der Waals surface area contributed by atoms with E-state index in [1.165, 1.54) is 11.1 Å². The molecule has 0 aromatic heterocycles. The predicted octanol–water partition coefficient (Wildman–Crippen LogP) is 3.76. The first-order valence-electron chi connectivity index (χ1n) is 7.09. The zero-order valence-corrected chi connectivity index (χ0v) is 11.7. The van der Waals surface area contributed by atoms with Gasteiger partial charge in [0.25, 0.3) is 0 Å². The predicted molar refractivity (Wildman–Crippen MR) is 80.4 cm³/mol. The second kappa shape index (κ2) is 5.59. The maximum atomic E-state index is 12.1. The number of nitrogens with zero attached hydrogens (tertiary/aromatic N) is 1. The van der Waals surface area contributed by atoms with Crippen LogP contribution in [0.3, 0.4) is 0 Å². The standard InChI is InChI=1S/C18H19NO/c1-19-17(14-8-4-2-5-9-14)12-16(20)13-18(19)15-10-6-3-7-11-15/h2-11,17-18H,12-13H2,1H3/t17-,18-/m0/s1. The van der Waals surface area contributed by atoms with E-state index >= 15 is 0 Å². The molecule has 1 aliphatic heterocycles. The van der Waals surface area contributed by atoms with Crippen molar-refractivity contribution < 1.29 is 4.79 Å². The molecule has 0 aliphatic carbocycles. The number of piperidine rings is 1. The Morgan fingerprint density at radius 2 is 1.20 bits per heavy atom. The van der Waals surface area contributed by atoms with Gasteiger partial charge in [-0.1, -0.05) is 60.7 Å². The Hall–Kier alpha value is -1.93. The number of likely N-dealkylation sites (tertiary alicyclic amines) is 1. The SMILES string of the molecule is CN1[C@H](c2ccccc2)CC(=O)C[C@H]1c1ccccc1. The summed E-state index contributed by atoms with van der Waals surface area (Å²) in [7, 11) is 2.13. The summed E-state index contributed by atoms with van der Waals surface area (Å²) in [4.78, 5) is 14.5. The molecular weight excluding hydrogens is 246 g/mol. The highest BCUT2D eigenvalue weighted by Crippen LogP contribution is 2.38. The van der Waals surface area contributed by atoms with Crippen molar-refractivity contribution >= 4 is 5.78 Å². The lowest BCUT2D eigenvalue weighted by Gasteiger charge is -2.39. The van der Waals surface area contributed by atoms with E-state index in [1.54, 1.807) is 0 Å². The molecule has 1 heterocycles. The van der Waals surface area contributed by atoms with Gasteiger partial charge in [-0.2, -0.15) is 0 Å². The highest BCUT2D eigenvalue weighted by atomic mass is 16.1. The van der Waals surface area contributed by atoms with Crippen LogP contribution >= 0.6 is 0 Å². The van der Waals surface area contributed by atoms with E-state index < -0.39 is 0 Å². The molecule has 2 aromatic rings. The number of hydrogen-bond acceptors (Lipinski definition) is 2. The lowest BCUT2D eigenvalue weighted by molar-refractivity contribution is -0.125. The summed E-state index contributed by atoms with van der Waals surface area (Å²) in [5, 5.41) is 0. The van der Waals surface area contributed by atoms with Crippen LogP contribution in [0.4, 0.5) is 0 Å². The zero-order chi connectivity index (χ0) is 13.9. The fraction of sp³-hybridized carbons (Fsp3) is 0.278. The minimum Gasteiger partial charge on any atom is -0.300 e. The van der Waals surface area contributed by atoms with Gasteiger partial charge >= 0.3 is 0 Å². The Morgan fingerprint density at radius 3 is 1.60 bits per heavy atom. The van der Waals surface area contributed by atoms with Crippen molar-refractivity contribution in [3.05, 3.63) is 71.8 Å². The third-order valence-electron chi connectivity index (χ3n) is 4.19. The molecule has 2 nitrogen and oxygen atoms in total. The van der Waals surface area contributed by atoms with Gasteiger partial charge in [0.05, 0.1) is 0 Å². The molecule has 0 amide bonds. The Balaban J connectivity index is 1.92. The molecular formula is C18H19NO. The number of benzene rings is 2. The Bertz CT molecular complexity index is 527. The number of ketones is 1. The molecule has 0 spiro atoms. The van der Waals surface area contributed by atoms with E-state index in [0.29, 0.717) is 18.6 Å². The summed E-state index contributed by atoms with van der Waals surface area (Å²) in [6.45, 7) is 0.